The summed E-state index contributed by atoms with van der Waals surface area (Å²) in [6.07, 6.45) is -0.797. The first-order chi connectivity index (χ1) is 31.1. The maximum Gasteiger partial charge on any atom is 1.00 e. The third-order valence-corrected chi connectivity index (χ3v) is 8.70. The first kappa shape index (κ1) is 80.8. The van der Waals surface area contributed by atoms with E-state index in [-0.39, 0.29) is 205 Å². The van der Waals surface area contributed by atoms with Crippen LogP contribution in [-0.2, 0) is 66.3 Å². The fourth-order valence-corrected chi connectivity index (χ4v) is 5.16. The van der Waals surface area contributed by atoms with Crippen molar-refractivity contribution in [1.29, 1.82) is 0 Å². The molecule has 0 spiro atoms. The van der Waals surface area contributed by atoms with Crippen molar-refractivity contribution in [3.63, 3.8) is 0 Å². The Kier molecular flexibility index (Phi) is 56.4. The van der Waals surface area contributed by atoms with E-state index in [4.69, 9.17) is 72.9 Å². The topological polar surface area (TPSA) is 213 Å². The molecule has 0 aliphatic heterocycles. The number of alkyl halides is 3. The summed E-state index contributed by atoms with van der Waals surface area (Å²) in [6, 6.07) is 28.7. The molecule has 0 bridgehead atoms. The van der Waals surface area contributed by atoms with Gasteiger partial charge in [-0.2, -0.15) is 0 Å². The molecule has 3 aromatic rings. The molecule has 0 aromatic heterocycles. The summed E-state index contributed by atoms with van der Waals surface area (Å²) in [7, 11) is 1.00. The molecule has 0 aliphatic carbocycles. The summed E-state index contributed by atoms with van der Waals surface area (Å²) >= 11 is 12.9. The Bertz CT molecular complexity index is 1600. The smallest absolute Gasteiger partial charge is 1.00 e. The summed E-state index contributed by atoms with van der Waals surface area (Å²) in [4.78, 5) is 45.6. The van der Waals surface area contributed by atoms with Crippen molar-refractivity contribution in [3.05, 3.63) is 108 Å². The molecule has 4 N–H and O–H groups in total. The Balaban J connectivity index is -0.000000145. The van der Waals surface area contributed by atoms with Gasteiger partial charge in [0.1, 0.15) is 19.3 Å². The predicted molar refractivity (Wildman–Crippen MR) is 269 cm³/mol. The average molecular weight is 1320 g/mol. The Morgan fingerprint density at radius 3 is 1.16 bits per heavy atom. The minimum absolute atomic E-state index is 0. The number of carboxylic acids is 1. The van der Waals surface area contributed by atoms with E-state index < -0.39 is 23.9 Å². The van der Waals surface area contributed by atoms with E-state index in [0.717, 1.165) is 23.6 Å². The van der Waals surface area contributed by atoms with E-state index in [1.807, 2.05) is 155 Å². The number of benzene rings is 3. The molecule has 0 fully saturated rings. The van der Waals surface area contributed by atoms with Gasteiger partial charge in [0.15, 0.2) is 0 Å². The van der Waals surface area contributed by atoms with E-state index in [9.17, 15) is 14.4 Å². The quantitative estimate of drug-likeness (QED) is 0.0648. The van der Waals surface area contributed by atoms with Crippen molar-refractivity contribution in [3.8, 4) is 0 Å². The van der Waals surface area contributed by atoms with Crippen molar-refractivity contribution >= 4 is 63.5 Å². The second-order valence-corrected chi connectivity index (χ2v) is 18.7. The van der Waals surface area contributed by atoms with Crippen LogP contribution in [-0.4, -0.2) is 88.2 Å². The van der Waals surface area contributed by atoms with Crippen molar-refractivity contribution in [2.24, 2.45) is 17.6 Å². The molecule has 6 atom stereocenters. The SMILES string of the molecule is BrCc1ccccc1.CC(OC(C)(C)C)[C@H](C)C(=O)O.CC(OC(C)(C)C)[C@H](C)C(=O)OCc1ccccc1.CC(OC(C)(C)C)[C@H](N)C(=O)OCc1ccccc1.CO.ClCCl.O=CO[O-].[Cs+].[Cs+].[H-]. The molecule has 0 saturated heterocycles. The molecule has 0 saturated carbocycles. The largest absolute Gasteiger partial charge is 1.00 e. The van der Waals surface area contributed by atoms with Crippen LogP contribution < -0.4 is 149 Å². The third kappa shape index (κ3) is 51.7. The second kappa shape index (κ2) is 48.1. The molecule has 3 rings (SSSR count). The monoisotopic (exact) mass is 1320 g/mol. The van der Waals surface area contributed by atoms with Gasteiger partial charge in [0.05, 0.1) is 52.3 Å². The number of hydrogen-bond acceptors (Lipinski definition) is 13. The molecule has 386 valence electrons. The first-order valence-corrected chi connectivity index (χ1v) is 23.6. The minimum atomic E-state index is -0.813. The number of aliphatic carboxylic acids is 1. The van der Waals surface area contributed by atoms with Crippen LogP contribution in [0.15, 0.2) is 91.0 Å². The molecule has 14 nitrogen and oxygen atoms in total. The minimum Gasteiger partial charge on any atom is -1.00 e. The molecule has 0 radical (unpaired) electrons. The Morgan fingerprint density at radius 2 is 0.899 bits per heavy atom. The van der Waals surface area contributed by atoms with Gasteiger partial charge in [-0.05, 0) is 114 Å². The number of aliphatic hydroxyl groups excluding tert-OH is 1. The number of esters is 2. The standard InChI is InChI=1S/C16H24O3.C15H23NO3.C9H18O3.C7H7Br.CH2Cl2.CH2O3.CH4O.2Cs.H/c1-12(13(2)19-16(3,4)5)15(17)18-11-14-9-7-6-8-10-14;1-11(19-15(2,3)4)13(16)14(17)18-10-12-8-6-5-7-9-12;1-6(8(10)11)7(2)12-9(3,4)5;8-6-7-4-2-1-3-5-7;2-1-3;2-1-4-3;1-2;;;/h6-10,12-13H,11H2,1-5H3;5-9,11,13H,10,16H2,1-4H3;6-7H,1-5H3,(H,10,11);1-5H,6H2;1H2;1,3H;2H,1H3;;;/q;;;;;;;2*+1;-1/p-1/t12-,13?;11?,13-;6-,7?;;;;;;;/m000......./s1. The average Bonchev–Trinajstić information content (AvgIpc) is 3.27. The molecule has 0 heterocycles. The van der Waals surface area contributed by atoms with Crippen LogP contribution in [0.1, 0.15) is 115 Å². The van der Waals surface area contributed by atoms with E-state index >= 15 is 0 Å². The zero-order valence-electron chi connectivity index (χ0n) is 45.1. The number of carbonyl (C=O) groups excluding carboxylic acids is 3. The maximum atomic E-state index is 11.9. The molecular formula is C50H80BrCl2Cs2NO13. The maximum absolute atomic E-state index is 11.9. The number of carbonyl (C=O) groups is 4. The van der Waals surface area contributed by atoms with Crippen LogP contribution in [0.3, 0.4) is 0 Å². The number of rotatable bonds is 15. The number of carboxylic acid groups (broad SMARTS) is 1. The third-order valence-electron chi connectivity index (χ3n) is 8.05. The summed E-state index contributed by atoms with van der Waals surface area (Å²) in [5, 5.41) is 25.2. The van der Waals surface area contributed by atoms with Gasteiger partial charge >= 0.3 is 156 Å². The number of aliphatic hydroxyl groups is 1. The number of hydrogen-bond donors (Lipinski definition) is 3. The molecule has 3 unspecified atom stereocenters. The zero-order chi connectivity index (χ0) is 52.8. The van der Waals surface area contributed by atoms with Gasteiger partial charge in [-0.3, -0.25) is 19.2 Å². The van der Waals surface area contributed by atoms with Gasteiger partial charge in [0, 0.05) is 12.4 Å². The van der Waals surface area contributed by atoms with E-state index in [1.165, 1.54) is 5.56 Å². The Morgan fingerprint density at radius 1 is 0.623 bits per heavy atom. The van der Waals surface area contributed by atoms with Gasteiger partial charge < -0.3 is 51.2 Å². The Labute approximate surface area is 551 Å². The summed E-state index contributed by atoms with van der Waals surface area (Å²) in [5.74, 6) is -2.21. The molecular weight excluding hydrogens is 1240 g/mol. The van der Waals surface area contributed by atoms with E-state index in [2.05, 4.69) is 33.0 Å². The molecule has 3 aromatic carbocycles. The second-order valence-electron chi connectivity index (χ2n) is 17.3. The molecule has 69 heavy (non-hydrogen) atoms. The number of halogens is 3. The summed E-state index contributed by atoms with van der Waals surface area (Å²) < 4.78 is 27.4. The fraction of sp³-hybridized carbons (Fsp3) is 0.560. The van der Waals surface area contributed by atoms with Gasteiger partial charge in [0.2, 0.25) is 0 Å². The van der Waals surface area contributed by atoms with Gasteiger partial charge in [-0.15, -0.1) is 23.2 Å². The van der Waals surface area contributed by atoms with Crippen LogP contribution in [0.5, 0.6) is 0 Å². The van der Waals surface area contributed by atoms with Crippen LogP contribution in [0.2, 0.25) is 0 Å². The molecule has 19 heteroatoms. The van der Waals surface area contributed by atoms with Crippen molar-refractivity contribution in [2.45, 2.75) is 157 Å². The van der Waals surface area contributed by atoms with Crippen LogP contribution in [0, 0.1) is 11.8 Å². The normalized spacial score (nSPS) is 12.8. The Hall–Kier alpha value is 0.464. The van der Waals surface area contributed by atoms with Gasteiger partial charge in [-0.25, -0.2) is 0 Å². The van der Waals surface area contributed by atoms with Crippen LogP contribution >= 0.6 is 39.1 Å². The fourth-order valence-electron chi connectivity index (χ4n) is 4.79. The van der Waals surface area contributed by atoms with Crippen molar-refractivity contribution in [1.82, 2.24) is 0 Å². The van der Waals surface area contributed by atoms with Crippen LogP contribution in [0.4, 0.5) is 0 Å². The zero-order valence-corrected chi connectivity index (χ0v) is 59.8. The molecule has 0 amide bonds. The summed E-state index contributed by atoms with van der Waals surface area (Å²) in [5.41, 5.74) is 8.22. The summed E-state index contributed by atoms with van der Waals surface area (Å²) in [6.45, 7) is 26.8. The number of nitrogens with two attached hydrogens (primary N) is 1. The molecule has 0 aliphatic rings. The van der Waals surface area contributed by atoms with Gasteiger partial charge in [0.25, 0.3) is 6.47 Å². The van der Waals surface area contributed by atoms with Gasteiger partial charge in [-0.1, -0.05) is 107 Å². The van der Waals surface area contributed by atoms with Crippen molar-refractivity contribution < 1.29 is 202 Å². The van der Waals surface area contributed by atoms with Crippen molar-refractivity contribution in [2.75, 3.05) is 12.4 Å². The van der Waals surface area contributed by atoms with E-state index in [0.29, 0.717) is 6.61 Å². The first-order valence-electron chi connectivity index (χ1n) is 21.4. The van der Waals surface area contributed by atoms with Crippen LogP contribution in [0.25, 0.3) is 0 Å². The van der Waals surface area contributed by atoms with E-state index in [1.54, 1.807) is 20.8 Å². The predicted octanol–water partition coefficient (Wildman–Crippen LogP) is 3.91. The number of ether oxygens (including phenoxy) is 5.